The molecule has 0 aliphatic heterocycles. The quantitative estimate of drug-likeness (QED) is 0.782. The lowest BCUT2D eigenvalue weighted by atomic mass is 10.1. The molecule has 4 heteroatoms. The summed E-state index contributed by atoms with van der Waals surface area (Å²) in [5, 5.41) is 0. The average molecular weight is 302 g/mol. The first-order valence-corrected chi connectivity index (χ1v) is 6.47. The van der Waals surface area contributed by atoms with Gasteiger partial charge in [0.2, 0.25) is 5.91 Å². The molecule has 2 nitrogen and oxygen atoms in total. The summed E-state index contributed by atoms with van der Waals surface area (Å²) in [6.45, 7) is 4.23. The lowest BCUT2D eigenvalue weighted by Crippen LogP contribution is -2.35. The van der Waals surface area contributed by atoms with E-state index in [4.69, 9.17) is 0 Å². The minimum Gasteiger partial charge on any atom is -0.340 e. The molecule has 0 spiro atoms. The van der Waals surface area contributed by atoms with Crippen LogP contribution in [0.4, 0.5) is 4.39 Å². The van der Waals surface area contributed by atoms with Crippen molar-refractivity contribution in [2.24, 2.45) is 5.92 Å². The third kappa shape index (κ3) is 3.80. The molecule has 0 aromatic heterocycles. The SMILES string of the molecule is CC(C)C(Br)C(=O)N(C)Cc1ccccc1F. The topological polar surface area (TPSA) is 20.3 Å². The van der Waals surface area contributed by atoms with Gasteiger partial charge in [-0.25, -0.2) is 4.39 Å². The second-order valence-corrected chi connectivity index (χ2v) is 5.42. The van der Waals surface area contributed by atoms with E-state index in [0.29, 0.717) is 12.1 Å². The highest BCUT2D eigenvalue weighted by molar-refractivity contribution is 9.10. The number of rotatable bonds is 4. The van der Waals surface area contributed by atoms with E-state index >= 15 is 0 Å². The van der Waals surface area contributed by atoms with Gasteiger partial charge in [0.15, 0.2) is 0 Å². The van der Waals surface area contributed by atoms with Gasteiger partial charge < -0.3 is 4.90 Å². The first-order chi connectivity index (χ1) is 7.93. The van der Waals surface area contributed by atoms with Crippen LogP contribution in [0.1, 0.15) is 19.4 Å². The number of amides is 1. The third-order valence-electron chi connectivity index (χ3n) is 2.56. The summed E-state index contributed by atoms with van der Waals surface area (Å²) >= 11 is 3.36. The molecule has 1 rings (SSSR count). The van der Waals surface area contributed by atoms with E-state index in [9.17, 15) is 9.18 Å². The smallest absolute Gasteiger partial charge is 0.236 e. The van der Waals surface area contributed by atoms with E-state index in [1.807, 2.05) is 13.8 Å². The van der Waals surface area contributed by atoms with Gasteiger partial charge in [0, 0.05) is 19.2 Å². The Hall–Kier alpha value is -0.900. The number of hydrogen-bond acceptors (Lipinski definition) is 1. The fraction of sp³-hybridized carbons (Fsp3) is 0.462. The number of hydrogen-bond donors (Lipinski definition) is 0. The Bertz CT molecular complexity index is 395. The predicted molar refractivity (Wildman–Crippen MR) is 70.4 cm³/mol. The van der Waals surface area contributed by atoms with Crippen LogP contribution in [0.15, 0.2) is 24.3 Å². The van der Waals surface area contributed by atoms with E-state index in [1.54, 1.807) is 25.2 Å². The van der Waals surface area contributed by atoms with E-state index in [-0.39, 0.29) is 22.5 Å². The van der Waals surface area contributed by atoms with Crippen molar-refractivity contribution in [1.29, 1.82) is 0 Å². The molecule has 0 heterocycles. The molecule has 0 radical (unpaired) electrons. The monoisotopic (exact) mass is 301 g/mol. The minimum absolute atomic E-state index is 0.0248. The number of carbonyl (C=O) groups excluding carboxylic acids is 1. The maximum Gasteiger partial charge on any atom is 0.236 e. The summed E-state index contributed by atoms with van der Waals surface area (Å²) in [7, 11) is 1.69. The highest BCUT2D eigenvalue weighted by Gasteiger charge is 2.22. The van der Waals surface area contributed by atoms with Gasteiger partial charge in [-0.2, -0.15) is 0 Å². The highest BCUT2D eigenvalue weighted by atomic mass is 79.9. The van der Waals surface area contributed by atoms with Gasteiger partial charge in [0.25, 0.3) is 0 Å². The standard InChI is InChI=1S/C13H17BrFNO/c1-9(2)12(14)13(17)16(3)8-10-6-4-5-7-11(10)15/h4-7,9,12H,8H2,1-3H3. The average Bonchev–Trinajstić information content (AvgIpc) is 2.30. The van der Waals surface area contributed by atoms with Gasteiger partial charge in [-0.1, -0.05) is 48.0 Å². The number of halogens is 2. The molecular formula is C13H17BrFNO. The molecule has 0 saturated heterocycles. The molecule has 0 N–H and O–H groups in total. The van der Waals surface area contributed by atoms with E-state index < -0.39 is 0 Å². The molecule has 1 aromatic rings. The van der Waals surface area contributed by atoms with Crippen molar-refractivity contribution in [1.82, 2.24) is 4.90 Å². The molecule has 17 heavy (non-hydrogen) atoms. The molecule has 0 aliphatic carbocycles. The summed E-state index contributed by atoms with van der Waals surface area (Å²) < 4.78 is 13.4. The van der Waals surface area contributed by atoms with Crippen LogP contribution in [0.2, 0.25) is 0 Å². The van der Waals surface area contributed by atoms with Crippen molar-refractivity contribution >= 4 is 21.8 Å². The van der Waals surface area contributed by atoms with Crippen molar-refractivity contribution in [3.63, 3.8) is 0 Å². The van der Waals surface area contributed by atoms with Gasteiger partial charge in [-0.05, 0) is 12.0 Å². The summed E-state index contributed by atoms with van der Waals surface area (Å²) in [5.74, 6) is -0.0864. The molecule has 0 fully saturated rings. The molecular weight excluding hydrogens is 285 g/mol. The van der Waals surface area contributed by atoms with E-state index in [1.165, 1.54) is 11.0 Å². The Kier molecular flexibility index (Phi) is 5.12. The maximum absolute atomic E-state index is 13.4. The number of alkyl halides is 1. The Morgan fingerprint density at radius 2 is 2.00 bits per heavy atom. The van der Waals surface area contributed by atoms with Crippen molar-refractivity contribution in [3.05, 3.63) is 35.6 Å². The fourth-order valence-electron chi connectivity index (χ4n) is 1.46. The first kappa shape index (κ1) is 14.2. The van der Waals surface area contributed by atoms with Crippen molar-refractivity contribution < 1.29 is 9.18 Å². The lowest BCUT2D eigenvalue weighted by molar-refractivity contribution is -0.130. The van der Waals surface area contributed by atoms with Crippen LogP contribution in [0.3, 0.4) is 0 Å². The van der Waals surface area contributed by atoms with Crippen LogP contribution >= 0.6 is 15.9 Å². The molecule has 1 atom stereocenters. The molecule has 1 amide bonds. The van der Waals surface area contributed by atoms with Crippen molar-refractivity contribution in [2.75, 3.05) is 7.05 Å². The highest BCUT2D eigenvalue weighted by Crippen LogP contribution is 2.16. The number of carbonyl (C=O) groups is 1. The van der Waals surface area contributed by atoms with E-state index in [2.05, 4.69) is 15.9 Å². The van der Waals surface area contributed by atoms with Crippen molar-refractivity contribution in [3.8, 4) is 0 Å². The second-order valence-electron chi connectivity index (χ2n) is 4.43. The van der Waals surface area contributed by atoms with E-state index in [0.717, 1.165) is 0 Å². The van der Waals surface area contributed by atoms with Gasteiger partial charge in [0.05, 0.1) is 4.83 Å². The predicted octanol–water partition coefficient (Wildman–Crippen LogP) is 3.20. The van der Waals surface area contributed by atoms with Gasteiger partial charge in [-0.15, -0.1) is 0 Å². The molecule has 0 saturated carbocycles. The summed E-state index contributed by atoms with van der Waals surface area (Å²) in [5.41, 5.74) is 0.534. The van der Waals surface area contributed by atoms with Crippen LogP contribution in [0.25, 0.3) is 0 Å². The lowest BCUT2D eigenvalue weighted by Gasteiger charge is -2.22. The third-order valence-corrected chi connectivity index (χ3v) is 4.01. The van der Waals surface area contributed by atoms with Gasteiger partial charge >= 0.3 is 0 Å². The summed E-state index contributed by atoms with van der Waals surface area (Å²) in [4.78, 5) is 13.3. The minimum atomic E-state index is -0.275. The van der Waals surface area contributed by atoms with Crippen LogP contribution in [-0.2, 0) is 11.3 Å². The number of nitrogens with zero attached hydrogens (tertiary/aromatic N) is 1. The zero-order valence-corrected chi connectivity index (χ0v) is 11.9. The second kappa shape index (κ2) is 6.15. The van der Waals surface area contributed by atoms with Crippen LogP contribution in [0.5, 0.6) is 0 Å². The fourth-order valence-corrected chi connectivity index (χ4v) is 1.81. The largest absolute Gasteiger partial charge is 0.340 e. The molecule has 0 bridgehead atoms. The van der Waals surface area contributed by atoms with Crippen LogP contribution in [-0.4, -0.2) is 22.7 Å². The molecule has 1 unspecified atom stereocenters. The Morgan fingerprint density at radius 3 is 2.53 bits per heavy atom. The molecule has 94 valence electrons. The van der Waals surface area contributed by atoms with Crippen LogP contribution in [0, 0.1) is 11.7 Å². The van der Waals surface area contributed by atoms with Gasteiger partial charge in [0.1, 0.15) is 5.82 Å². The summed E-state index contributed by atoms with van der Waals surface area (Å²) in [6.07, 6.45) is 0. The van der Waals surface area contributed by atoms with Crippen LogP contribution < -0.4 is 0 Å². The first-order valence-electron chi connectivity index (χ1n) is 5.56. The zero-order chi connectivity index (χ0) is 13.0. The molecule has 0 aliphatic rings. The normalized spacial score (nSPS) is 12.6. The Balaban J connectivity index is 2.70. The summed E-state index contributed by atoms with van der Waals surface area (Å²) in [6, 6.07) is 6.51. The maximum atomic E-state index is 13.4. The van der Waals surface area contributed by atoms with Crippen molar-refractivity contribution in [2.45, 2.75) is 25.2 Å². The molecule has 1 aromatic carbocycles. The zero-order valence-electron chi connectivity index (χ0n) is 10.3. The number of benzene rings is 1. The Labute approximate surface area is 110 Å². The Morgan fingerprint density at radius 1 is 1.41 bits per heavy atom. The van der Waals surface area contributed by atoms with Gasteiger partial charge in [-0.3, -0.25) is 4.79 Å².